The molecule has 0 unspecified atom stereocenters. The molecule has 0 saturated carbocycles. The van der Waals surface area contributed by atoms with Gasteiger partial charge < -0.3 is 15.8 Å². The van der Waals surface area contributed by atoms with Crippen LogP contribution in [0.4, 0.5) is 5.69 Å². The molecule has 114 valence electrons. The quantitative estimate of drug-likeness (QED) is 0.804. The van der Waals surface area contributed by atoms with E-state index in [0.717, 1.165) is 27.9 Å². The lowest BCUT2D eigenvalue weighted by Gasteiger charge is -2.04. The summed E-state index contributed by atoms with van der Waals surface area (Å²) in [6.07, 6.45) is 0.793. The van der Waals surface area contributed by atoms with E-state index in [1.807, 2.05) is 26.8 Å². The van der Waals surface area contributed by atoms with Crippen LogP contribution in [0, 0.1) is 13.8 Å². The Labute approximate surface area is 128 Å². The molecule has 21 heavy (non-hydrogen) atoms. The molecule has 0 fully saturated rings. The van der Waals surface area contributed by atoms with Crippen LogP contribution in [-0.2, 0) is 4.74 Å². The fourth-order valence-corrected chi connectivity index (χ4v) is 3.04. The third-order valence-electron chi connectivity index (χ3n) is 3.33. The summed E-state index contributed by atoms with van der Waals surface area (Å²) < 4.78 is 5.24. The zero-order valence-corrected chi connectivity index (χ0v) is 13.5. The average Bonchev–Trinajstić information content (AvgIpc) is 2.76. The first-order chi connectivity index (χ1) is 10.0. The van der Waals surface area contributed by atoms with E-state index in [4.69, 9.17) is 10.5 Å². The van der Waals surface area contributed by atoms with Crippen LogP contribution in [0.25, 0.3) is 10.2 Å². The van der Waals surface area contributed by atoms with E-state index in [0.29, 0.717) is 30.3 Å². The van der Waals surface area contributed by atoms with Gasteiger partial charge in [0.15, 0.2) is 0 Å². The van der Waals surface area contributed by atoms with E-state index in [2.05, 4.69) is 10.3 Å². The highest BCUT2D eigenvalue weighted by atomic mass is 32.1. The van der Waals surface area contributed by atoms with E-state index < -0.39 is 0 Å². The molecule has 2 aromatic heterocycles. The Morgan fingerprint density at radius 3 is 2.95 bits per heavy atom. The van der Waals surface area contributed by atoms with Crippen molar-refractivity contribution in [2.45, 2.75) is 27.2 Å². The van der Waals surface area contributed by atoms with Gasteiger partial charge in [-0.2, -0.15) is 0 Å². The molecule has 0 spiro atoms. The largest absolute Gasteiger partial charge is 0.397 e. The minimum Gasteiger partial charge on any atom is -0.397 e. The maximum Gasteiger partial charge on any atom is 0.263 e. The molecular weight excluding hydrogens is 286 g/mol. The van der Waals surface area contributed by atoms with E-state index >= 15 is 0 Å². The van der Waals surface area contributed by atoms with Crippen molar-refractivity contribution < 1.29 is 9.53 Å². The zero-order chi connectivity index (χ0) is 15.4. The zero-order valence-electron chi connectivity index (χ0n) is 12.7. The number of carbonyl (C=O) groups is 1. The maximum atomic E-state index is 12.2. The normalized spacial score (nSPS) is 11.0. The fourth-order valence-electron chi connectivity index (χ4n) is 2.00. The Hall–Kier alpha value is -1.66. The first-order valence-electron chi connectivity index (χ1n) is 7.06. The fraction of sp³-hybridized carbons (Fsp3) is 0.467. The van der Waals surface area contributed by atoms with Crippen LogP contribution in [-0.4, -0.2) is 30.6 Å². The van der Waals surface area contributed by atoms with Crippen molar-refractivity contribution in [2.75, 3.05) is 25.5 Å². The number of nitrogen functional groups attached to an aromatic ring is 1. The third kappa shape index (κ3) is 3.51. The second kappa shape index (κ2) is 6.87. The molecule has 1 amide bonds. The van der Waals surface area contributed by atoms with Gasteiger partial charge in [0.25, 0.3) is 5.91 Å². The number of hydrogen-bond acceptors (Lipinski definition) is 5. The van der Waals surface area contributed by atoms with Gasteiger partial charge in [-0.25, -0.2) is 4.98 Å². The number of hydrogen-bond donors (Lipinski definition) is 2. The molecule has 2 aromatic rings. The van der Waals surface area contributed by atoms with Crippen LogP contribution in [0.3, 0.4) is 0 Å². The SMILES string of the molecule is CCOCCCNC(=O)c1sc2nc(C)c(C)cc2c1N. The number of nitrogens with two attached hydrogens (primary N) is 1. The number of nitrogens with zero attached hydrogens (tertiary/aromatic N) is 1. The van der Waals surface area contributed by atoms with Crippen molar-refractivity contribution >= 4 is 33.1 Å². The van der Waals surface area contributed by atoms with Gasteiger partial charge in [-0.1, -0.05) is 0 Å². The number of rotatable bonds is 6. The first-order valence-corrected chi connectivity index (χ1v) is 7.88. The number of pyridine rings is 1. The molecule has 0 aromatic carbocycles. The van der Waals surface area contributed by atoms with Gasteiger partial charge in [-0.05, 0) is 38.8 Å². The molecule has 5 nitrogen and oxygen atoms in total. The molecule has 2 heterocycles. The second-order valence-electron chi connectivity index (χ2n) is 4.89. The second-order valence-corrected chi connectivity index (χ2v) is 5.89. The van der Waals surface area contributed by atoms with Gasteiger partial charge in [0.2, 0.25) is 0 Å². The lowest BCUT2D eigenvalue weighted by Crippen LogP contribution is -2.25. The number of amides is 1. The van der Waals surface area contributed by atoms with Crippen LogP contribution < -0.4 is 11.1 Å². The molecule has 0 aliphatic carbocycles. The number of carbonyl (C=O) groups excluding carboxylic acids is 1. The number of ether oxygens (including phenoxy) is 1. The van der Waals surface area contributed by atoms with Crippen LogP contribution in [0.1, 0.15) is 34.3 Å². The van der Waals surface area contributed by atoms with Gasteiger partial charge in [-0.15, -0.1) is 11.3 Å². The number of fused-ring (bicyclic) bond motifs is 1. The van der Waals surface area contributed by atoms with E-state index in [1.165, 1.54) is 11.3 Å². The van der Waals surface area contributed by atoms with Gasteiger partial charge in [0, 0.05) is 30.8 Å². The Morgan fingerprint density at radius 1 is 1.48 bits per heavy atom. The molecule has 0 atom stereocenters. The minimum absolute atomic E-state index is 0.137. The predicted molar refractivity (Wildman–Crippen MR) is 86.9 cm³/mol. The predicted octanol–water partition coefficient (Wildman–Crippen LogP) is 2.65. The highest BCUT2D eigenvalue weighted by molar-refractivity contribution is 7.21. The molecule has 3 N–H and O–H groups in total. The lowest BCUT2D eigenvalue weighted by molar-refractivity contribution is 0.0949. The molecule has 0 bridgehead atoms. The van der Waals surface area contributed by atoms with E-state index in [9.17, 15) is 4.79 Å². The van der Waals surface area contributed by atoms with Gasteiger partial charge in [-0.3, -0.25) is 4.79 Å². The summed E-state index contributed by atoms with van der Waals surface area (Å²) in [6, 6.07) is 2.00. The minimum atomic E-state index is -0.137. The number of aromatic nitrogens is 1. The topological polar surface area (TPSA) is 77.2 Å². The Bertz CT molecular complexity index is 652. The van der Waals surface area contributed by atoms with E-state index in [1.54, 1.807) is 0 Å². The third-order valence-corrected chi connectivity index (χ3v) is 4.44. The van der Waals surface area contributed by atoms with Gasteiger partial charge in [0.1, 0.15) is 9.71 Å². The summed E-state index contributed by atoms with van der Waals surface area (Å²) in [6.45, 7) is 7.83. The molecule has 6 heteroatoms. The molecule has 0 radical (unpaired) electrons. The number of thiophene rings is 1. The van der Waals surface area contributed by atoms with Crippen molar-refractivity contribution in [1.29, 1.82) is 0 Å². The van der Waals surface area contributed by atoms with Crippen LogP contribution in [0.2, 0.25) is 0 Å². The van der Waals surface area contributed by atoms with Crippen molar-refractivity contribution in [3.63, 3.8) is 0 Å². The van der Waals surface area contributed by atoms with Crippen molar-refractivity contribution in [2.24, 2.45) is 0 Å². The van der Waals surface area contributed by atoms with Crippen LogP contribution in [0.15, 0.2) is 6.07 Å². The maximum absolute atomic E-state index is 12.2. The average molecular weight is 307 g/mol. The molecule has 0 saturated heterocycles. The van der Waals surface area contributed by atoms with Crippen molar-refractivity contribution in [3.05, 3.63) is 22.2 Å². The summed E-state index contributed by atoms with van der Waals surface area (Å²) in [5.41, 5.74) is 8.66. The molecule has 0 aliphatic heterocycles. The summed E-state index contributed by atoms with van der Waals surface area (Å²) in [4.78, 5) is 18.0. The molecule has 0 aliphatic rings. The summed E-state index contributed by atoms with van der Waals surface area (Å²) in [5, 5.41) is 3.74. The smallest absolute Gasteiger partial charge is 0.263 e. The summed E-state index contributed by atoms with van der Waals surface area (Å²) >= 11 is 1.34. The van der Waals surface area contributed by atoms with Crippen LogP contribution >= 0.6 is 11.3 Å². The van der Waals surface area contributed by atoms with Crippen molar-refractivity contribution in [3.8, 4) is 0 Å². The highest BCUT2D eigenvalue weighted by Gasteiger charge is 2.17. The van der Waals surface area contributed by atoms with Crippen molar-refractivity contribution in [1.82, 2.24) is 10.3 Å². The monoisotopic (exact) mass is 307 g/mol. The molecular formula is C15H21N3O2S. The number of aryl methyl sites for hydroxylation is 2. The first kappa shape index (κ1) is 15.7. The highest BCUT2D eigenvalue weighted by Crippen LogP contribution is 2.33. The molecule has 2 rings (SSSR count). The summed E-state index contributed by atoms with van der Waals surface area (Å²) in [5.74, 6) is -0.137. The standard InChI is InChI=1S/C15H21N3O2S/c1-4-20-7-5-6-17-14(19)13-12(16)11-8-9(2)10(3)18-15(11)21-13/h8H,4-7,16H2,1-3H3,(H,17,19). The Balaban J connectivity index is 2.11. The Kier molecular flexibility index (Phi) is 5.14. The summed E-state index contributed by atoms with van der Waals surface area (Å²) in [7, 11) is 0. The lowest BCUT2D eigenvalue weighted by atomic mass is 10.1. The number of anilines is 1. The van der Waals surface area contributed by atoms with Gasteiger partial charge >= 0.3 is 0 Å². The van der Waals surface area contributed by atoms with E-state index in [-0.39, 0.29) is 5.91 Å². The Morgan fingerprint density at radius 2 is 2.24 bits per heavy atom. The van der Waals surface area contributed by atoms with Gasteiger partial charge in [0.05, 0.1) is 5.69 Å². The number of nitrogens with one attached hydrogen (secondary N) is 1. The van der Waals surface area contributed by atoms with Crippen LogP contribution in [0.5, 0.6) is 0 Å².